The van der Waals surface area contributed by atoms with E-state index in [1.807, 2.05) is 48.5 Å². The molecular formula is C38H53ClN4O12S2. The number of allylic oxidation sites excluding steroid dienone is 2. The van der Waals surface area contributed by atoms with Crippen molar-refractivity contribution in [3.05, 3.63) is 72.8 Å². The molecule has 57 heavy (non-hydrogen) atoms. The van der Waals surface area contributed by atoms with Crippen molar-refractivity contribution >= 4 is 71.0 Å². The number of amides is 3. The van der Waals surface area contributed by atoms with Crippen LogP contribution in [0, 0.1) is 0 Å². The molecule has 0 saturated carbocycles. The Bertz CT molecular complexity index is 1710. The van der Waals surface area contributed by atoms with Gasteiger partial charge in [0.2, 0.25) is 11.8 Å². The Morgan fingerprint density at radius 2 is 1.40 bits per heavy atom. The lowest BCUT2D eigenvalue weighted by Gasteiger charge is -2.28. The lowest BCUT2D eigenvalue weighted by Crippen LogP contribution is -2.56. The van der Waals surface area contributed by atoms with Gasteiger partial charge >= 0.3 is 5.97 Å². The minimum Gasteiger partial charge on any atom is -0.454 e. The van der Waals surface area contributed by atoms with Gasteiger partial charge in [-0.25, -0.2) is 4.79 Å². The van der Waals surface area contributed by atoms with Gasteiger partial charge in [-0.3, -0.25) is 14.4 Å². The predicted molar refractivity (Wildman–Crippen MR) is 219 cm³/mol. The number of fused-ring (bicyclic) bond motifs is 2. The number of methoxy groups -OCH3 is 2. The minimum atomic E-state index is -1.68. The van der Waals surface area contributed by atoms with E-state index >= 15 is 0 Å². The van der Waals surface area contributed by atoms with Gasteiger partial charge in [0.1, 0.15) is 36.6 Å². The summed E-state index contributed by atoms with van der Waals surface area (Å²) in [7, 11) is 5.91. The topological polar surface area (TPSA) is 242 Å². The van der Waals surface area contributed by atoms with Gasteiger partial charge in [-0.2, -0.15) is 0 Å². The molecule has 0 radical (unpaired) electrons. The fraction of sp³-hybridized carbons (Fsp3) is 0.474. The van der Waals surface area contributed by atoms with Crippen LogP contribution >= 0.6 is 35.9 Å². The largest absolute Gasteiger partial charge is 0.454 e. The summed E-state index contributed by atoms with van der Waals surface area (Å²) in [5, 5.41) is 51.7. The van der Waals surface area contributed by atoms with Gasteiger partial charge in [0.15, 0.2) is 18.3 Å². The number of cyclic esters (lactones) is 1. The monoisotopic (exact) mass is 856 g/mol. The number of esters is 1. The summed E-state index contributed by atoms with van der Waals surface area (Å²) in [5.41, 5.74) is 7.44. The molecular weight excluding hydrogens is 804 g/mol. The number of thioether (sulfide) groups is 2. The number of aliphatic hydroxyl groups is 5. The van der Waals surface area contributed by atoms with Crippen molar-refractivity contribution < 1.29 is 58.9 Å². The van der Waals surface area contributed by atoms with Crippen LogP contribution in [-0.2, 0) is 33.4 Å². The zero-order valence-electron chi connectivity index (χ0n) is 32.4. The highest BCUT2D eigenvalue weighted by atomic mass is 35.5. The van der Waals surface area contributed by atoms with Gasteiger partial charge in [0.25, 0.3) is 5.91 Å². The number of nitrogens with one attached hydrogen (secondary N) is 1. The quantitative estimate of drug-likeness (QED) is 0.128. The summed E-state index contributed by atoms with van der Waals surface area (Å²) >= 11 is 3.07. The molecule has 19 heteroatoms. The number of hydrogen-bond acceptors (Lipinski definition) is 15. The third-order valence-corrected chi connectivity index (χ3v) is 11.2. The average Bonchev–Trinajstić information content (AvgIpc) is 3.37. The molecule has 0 aromatic heterocycles. The maximum atomic E-state index is 12.7. The van der Waals surface area contributed by atoms with Crippen LogP contribution in [0.25, 0.3) is 0 Å². The first-order valence-corrected chi connectivity index (χ1v) is 19.6. The molecule has 3 aliphatic heterocycles. The number of halogens is 1. The maximum absolute atomic E-state index is 12.7. The van der Waals surface area contributed by atoms with E-state index < -0.39 is 72.8 Å². The summed E-state index contributed by atoms with van der Waals surface area (Å²) in [5.74, 6) is -0.747. The number of para-hydroxylation sites is 2. The van der Waals surface area contributed by atoms with Crippen LogP contribution in [0.5, 0.6) is 0 Å². The molecule has 16 nitrogen and oxygen atoms in total. The number of likely N-dealkylation sites (N-methyl/N-ethyl adjacent to an activating group) is 2. The zero-order chi connectivity index (χ0) is 41.7. The number of nitrogens with two attached hydrogens (primary N) is 1. The molecule has 0 bridgehead atoms. The van der Waals surface area contributed by atoms with Crippen LogP contribution in [0.2, 0.25) is 0 Å². The number of nitrogens with zero attached hydrogens (tertiary/aromatic N) is 2. The second-order valence-corrected chi connectivity index (χ2v) is 14.9. The van der Waals surface area contributed by atoms with Crippen molar-refractivity contribution in [2.45, 2.75) is 84.6 Å². The van der Waals surface area contributed by atoms with E-state index in [4.69, 9.17) is 19.9 Å². The molecule has 2 aromatic carbocycles. The fourth-order valence-corrected chi connectivity index (χ4v) is 7.90. The minimum absolute atomic E-state index is 0. The first kappa shape index (κ1) is 49.6. The van der Waals surface area contributed by atoms with Crippen molar-refractivity contribution in [3.8, 4) is 0 Å². The standard InChI is InChI=1S/C19H26N2O6S.C10H12N2OS.C9H14O5.ClH/c1-4-7-13(22)15(23)16(24)17(27-3)18(25)20-11-10-28-14-9-6-5-8-12(14)21(2)19(11)26;1-12-8-4-2-3-5-9(8)14-6-7(11)10(12)13;1-3-4-5(10)7-6(11)8(13-2)9(12)14-7;/h4-9,11,13,15-17,22-24H,10H2,1-3H3,(H,20,25);2-5,7H,6,11H2,1H3;3-8,10-11H,1-2H3;1H/b7-4-;;4-3-;/t11-,13+,15-,16+,17+;7-;5-,6-,7+,8-;/m001./s1. The predicted octanol–water partition coefficient (Wildman–Crippen LogP) is 0.643. The second kappa shape index (κ2) is 23.8. The van der Waals surface area contributed by atoms with Gasteiger partial charge in [-0.15, -0.1) is 35.9 Å². The summed E-state index contributed by atoms with van der Waals surface area (Å²) < 4.78 is 14.5. The summed E-state index contributed by atoms with van der Waals surface area (Å²) in [6.45, 7) is 3.37. The van der Waals surface area contributed by atoms with E-state index in [1.54, 1.807) is 50.7 Å². The number of ether oxygens (including phenoxy) is 3. The molecule has 2 aromatic rings. The zero-order valence-corrected chi connectivity index (χ0v) is 34.9. The number of anilines is 2. The van der Waals surface area contributed by atoms with Crippen LogP contribution < -0.4 is 20.9 Å². The second-order valence-electron chi connectivity index (χ2n) is 12.7. The Kier molecular flexibility index (Phi) is 20.7. The normalized spacial score (nSPS) is 24.5. The molecule has 10 atom stereocenters. The third-order valence-electron chi connectivity index (χ3n) is 8.89. The van der Waals surface area contributed by atoms with Crippen molar-refractivity contribution in [1.82, 2.24) is 5.32 Å². The van der Waals surface area contributed by atoms with E-state index in [1.165, 1.54) is 49.1 Å². The van der Waals surface area contributed by atoms with Crippen LogP contribution in [-0.4, -0.2) is 150 Å². The van der Waals surface area contributed by atoms with E-state index in [9.17, 15) is 44.7 Å². The molecule has 1 saturated heterocycles. The highest BCUT2D eigenvalue weighted by Gasteiger charge is 2.46. The molecule has 0 aliphatic carbocycles. The van der Waals surface area contributed by atoms with Crippen LogP contribution in [0.15, 0.2) is 82.6 Å². The average molecular weight is 857 g/mol. The van der Waals surface area contributed by atoms with E-state index in [0.29, 0.717) is 11.5 Å². The van der Waals surface area contributed by atoms with Crippen LogP contribution in [0.3, 0.4) is 0 Å². The molecule has 3 aliphatic rings. The SMILES string of the molecule is C/C=C\[C@@H](O)[C@@H]1OC(=O)[C@H](OC)[C@@H]1O.C/C=C\[C@@H](O)[C@H](O)[C@@H](O)[C@@H](OC)C(=O)N[C@H]1CSc2ccccc2N(C)C1=O.CN1C(=O)[C@@H](N)CSc2ccccc21.Cl. The summed E-state index contributed by atoms with van der Waals surface area (Å²) in [6, 6.07) is 14.1. The molecule has 3 amide bonds. The Balaban J connectivity index is 0.000000324. The lowest BCUT2D eigenvalue weighted by atomic mass is 10.0. The molecule has 5 rings (SSSR count). The Labute approximate surface area is 346 Å². The summed E-state index contributed by atoms with van der Waals surface area (Å²) in [4.78, 5) is 53.3. The van der Waals surface area contributed by atoms with E-state index in [0.717, 1.165) is 21.2 Å². The molecule has 3 heterocycles. The maximum Gasteiger partial charge on any atom is 0.338 e. The Morgan fingerprint density at radius 3 is 1.91 bits per heavy atom. The molecule has 0 spiro atoms. The highest BCUT2D eigenvalue weighted by molar-refractivity contribution is 7.99. The highest BCUT2D eigenvalue weighted by Crippen LogP contribution is 2.34. The first-order chi connectivity index (χ1) is 26.6. The molecule has 8 N–H and O–H groups in total. The number of carbonyl (C=O) groups is 4. The van der Waals surface area contributed by atoms with Crippen molar-refractivity contribution in [2.24, 2.45) is 5.73 Å². The number of benzene rings is 2. The van der Waals surface area contributed by atoms with E-state index in [2.05, 4.69) is 5.32 Å². The molecule has 0 unspecified atom stereocenters. The Hall–Kier alpha value is -3.53. The van der Waals surface area contributed by atoms with Gasteiger partial charge in [-0.05, 0) is 38.1 Å². The van der Waals surface area contributed by atoms with Gasteiger partial charge < -0.3 is 60.6 Å². The number of aliphatic hydroxyl groups excluding tert-OH is 5. The first-order valence-electron chi connectivity index (χ1n) is 17.6. The number of rotatable bonds is 10. The van der Waals surface area contributed by atoms with E-state index in [-0.39, 0.29) is 24.2 Å². The van der Waals surface area contributed by atoms with Crippen molar-refractivity contribution in [1.29, 1.82) is 0 Å². The van der Waals surface area contributed by atoms with Crippen molar-refractivity contribution in [2.75, 3.05) is 49.6 Å². The smallest absolute Gasteiger partial charge is 0.338 e. The van der Waals surface area contributed by atoms with Crippen LogP contribution in [0.4, 0.5) is 11.4 Å². The van der Waals surface area contributed by atoms with Gasteiger partial charge in [-0.1, -0.05) is 48.6 Å². The number of carbonyl (C=O) groups excluding carboxylic acids is 4. The lowest BCUT2D eigenvalue weighted by molar-refractivity contribution is -0.151. The fourth-order valence-electron chi connectivity index (χ4n) is 5.78. The van der Waals surface area contributed by atoms with Gasteiger partial charge in [0, 0.05) is 49.6 Å². The molecule has 316 valence electrons. The molecule has 1 fully saturated rings. The van der Waals surface area contributed by atoms with Gasteiger partial charge in [0.05, 0.1) is 17.4 Å². The third kappa shape index (κ3) is 12.7. The Morgan fingerprint density at radius 1 is 0.877 bits per heavy atom. The van der Waals surface area contributed by atoms with Crippen molar-refractivity contribution in [3.63, 3.8) is 0 Å². The van der Waals surface area contributed by atoms with Crippen LogP contribution in [0.1, 0.15) is 13.8 Å². The number of hydrogen-bond donors (Lipinski definition) is 7. The summed E-state index contributed by atoms with van der Waals surface area (Å²) in [6.07, 6.45) is -4.33.